The molecule has 0 amide bonds. The molecule has 0 saturated heterocycles. The lowest BCUT2D eigenvalue weighted by molar-refractivity contribution is 0.532. The number of aromatic nitrogens is 4. The summed E-state index contributed by atoms with van der Waals surface area (Å²) in [5.74, 6) is 0. The van der Waals surface area contributed by atoms with Gasteiger partial charge in [0, 0.05) is 37.6 Å². The van der Waals surface area contributed by atoms with Gasteiger partial charge >= 0.3 is 0 Å². The minimum Gasteiger partial charge on any atom is -0.312 e. The molecule has 2 aromatic rings. The van der Waals surface area contributed by atoms with Gasteiger partial charge in [0.1, 0.15) is 0 Å². The molecule has 0 unspecified atom stereocenters. The van der Waals surface area contributed by atoms with Crippen molar-refractivity contribution in [3.8, 4) is 0 Å². The summed E-state index contributed by atoms with van der Waals surface area (Å²) in [4.78, 5) is 0. The molecule has 0 aliphatic carbocycles. The Morgan fingerprint density at radius 2 is 2.17 bits per heavy atom. The summed E-state index contributed by atoms with van der Waals surface area (Å²) in [6.45, 7) is 6.98. The van der Waals surface area contributed by atoms with Crippen molar-refractivity contribution in [2.45, 2.75) is 33.4 Å². The van der Waals surface area contributed by atoms with Crippen LogP contribution in [0, 0.1) is 13.8 Å². The molecule has 0 atom stereocenters. The topological polar surface area (TPSA) is 47.7 Å². The molecule has 0 aromatic carbocycles. The van der Waals surface area contributed by atoms with Gasteiger partial charge in [-0.05, 0) is 32.9 Å². The van der Waals surface area contributed by atoms with Crippen LogP contribution in [0.1, 0.15) is 23.4 Å². The highest BCUT2D eigenvalue weighted by Crippen LogP contribution is 2.02. The SMILES string of the molecule is Cc1cc(C)n(CCCNCc2cnn(C)c2)n1. The predicted molar refractivity (Wildman–Crippen MR) is 71.2 cm³/mol. The molecular weight excluding hydrogens is 226 g/mol. The van der Waals surface area contributed by atoms with E-state index in [2.05, 4.69) is 33.2 Å². The normalized spacial score (nSPS) is 11.1. The van der Waals surface area contributed by atoms with Crippen molar-refractivity contribution >= 4 is 0 Å². The van der Waals surface area contributed by atoms with Gasteiger partial charge in [0.25, 0.3) is 0 Å². The zero-order valence-electron chi connectivity index (χ0n) is 11.3. The Labute approximate surface area is 108 Å². The summed E-state index contributed by atoms with van der Waals surface area (Å²) >= 11 is 0. The molecule has 98 valence electrons. The summed E-state index contributed by atoms with van der Waals surface area (Å²) in [6, 6.07) is 2.11. The number of aryl methyl sites for hydroxylation is 4. The second-order valence-corrected chi connectivity index (χ2v) is 4.70. The average molecular weight is 247 g/mol. The van der Waals surface area contributed by atoms with Gasteiger partial charge in [-0.2, -0.15) is 10.2 Å². The van der Waals surface area contributed by atoms with E-state index in [1.54, 1.807) is 0 Å². The molecule has 2 aromatic heterocycles. The zero-order valence-corrected chi connectivity index (χ0v) is 11.3. The summed E-state index contributed by atoms with van der Waals surface area (Å²) in [5.41, 5.74) is 3.55. The molecule has 2 heterocycles. The molecule has 2 rings (SSSR count). The Morgan fingerprint density at radius 1 is 1.33 bits per heavy atom. The maximum absolute atomic E-state index is 4.44. The molecule has 5 nitrogen and oxygen atoms in total. The van der Waals surface area contributed by atoms with Crippen LogP contribution in [0.5, 0.6) is 0 Å². The fourth-order valence-corrected chi connectivity index (χ4v) is 2.05. The van der Waals surface area contributed by atoms with Crippen LogP contribution >= 0.6 is 0 Å². The standard InChI is InChI=1S/C13H21N5/c1-11-7-12(2)18(16-11)6-4-5-14-8-13-9-15-17(3)10-13/h7,9-10,14H,4-6,8H2,1-3H3. The van der Waals surface area contributed by atoms with Gasteiger partial charge in [-0.25, -0.2) is 0 Å². The fourth-order valence-electron chi connectivity index (χ4n) is 2.05. The third kappa shape index (κ3) is 3.43. The summed E-state index contributed by atoms with van der Waals surface area (Å²) < 4.78 is 3.90. The third-order valence-corrected chi connectivity index (χ3v) is 2.91. The number of hydrogen-bond donors (Lipinski definition) is 1. The maximum atomic E-state index is 4.44. The van der Waals surface area contributed by atoms with Crippen LogP contribution in [-0.4, -0.2) is 26.1 Å². The molecule has 0 aliphatic rings. The Balaban J connectivity index is 1.66. The van der Waals surface area contributed by atoms with E-state index >= 15 is 0 Å². The number of nitrogens with one attached hydrogen (secondary N) is 1. The highest BCUT2D eigenvalue weighted by molar-refractivity contribution is 5.06. The lowest BCUT2D eigenvalue weighted by Gasteiger charge is -2.05. The monoisotopic (exact) mass is 247 g/mol. The van der Waals surface area contributed by atoms with E-state index in [0.29, 0.717) is 0 Å². The van der Waals surface area contributed by atoms with Crippen molar-refractivity contribution in [1.82, 2.24) is 24.9 Å². The first-order chi connectivity index (χ1) is 8.65. The average Bonchev–Trinajstić information content (AvgIpc) is 2.85. The second-order valence-electron chi connectivity index (χ2n) is 4.70. The van der Waals surface area contributed by atoms with Crippen LogP contribution in [0.4, 0.5) is 0 Å². The van der Waals surface area contributed by atoms with Crippen molar-refractivity contribution in [2.75, 3.05) is 6.54 Å². The largest absolute Gasteiger partial charge is 0.312 e. The first kappa shape index (κ1) is 12.8. The van der Waals surface area contributed by atoms with Gasteiger partial charge in [0.15, 0.2) is 0 Å². The molecular formula is C13H21N5. The minimum absolute atomic E-state index is 0.880. The highest BCUT2D eigenvalue weighted by atomic mass is 15.3. The minimum atomic E-state index is 0.880. The van der Waals surface area contributed by atoms with Crippen molar-refractivity contribution in [3.63, 3.8) is 0 Å². The molecule has 0 bridgehead atoms. The Morgan fingerprint density at radius 3 is 2.78 bits per heavy atom. The molecule has 0 saturated carbocycles. The molecule has 0 spiro atoms. The van der Waals surface area contributed by atoms with Crippen LogP contribution < -0.4 is 5.32 Å². The Bertz CT molecular complexity index is 497. The Kier molecular flexibility index (Phi) is 4.15. The van der Waals surface area contributed by atoms with Gasteiger partial charge in [-0.1, -0.05) is 0 Å². The summed E-state index contributed by atoms with van der Waals surface area (Å²) in [6.07, 6.45) is 5.02. The molecule has 0 radical (unpaired) electrons. The van der Waals surface area contributed by atoms with Crippen molar-refractivity contribution in [1.29, 1.82) is 0 Å². The van der Waals surface area contributed by atoms with Gasteiger partial charge < -0.3 is 5.32 Å². The van der Waals surface area contributed by atoms with Crippen molar-refractivity contribution < 1.29 is 0 Å². The van der Waals surface area contributed by atoms with Gasteiger partial charge in [-0.3, -0.25) is 9.36 Å². The zero-order chi connectivity index (χ0) is 13.0. The fraction of sp³-hybridized carbons (Fsp3) is 0.538. The number of hydrogen-bond acceptors (Lipinski definition) is 3. The van der Waals surface area contributed by atoms with E-state index in [1.807, 2.05) is 31.0 Å². The maximum Gasteiger partial charge on any atom is 0.0596 e. The molecule has 18 heavy (non-hydrogen) atoms. The molecule has 0 aliphatic heterocycles. The van der Waals surface area contributed by atoms with Crippen LogP contribution in [-0.2, 0) is 20.1 Å². The first-order valence-electron chi connectivity index (χ1n) is 6.34. The van der Waals surface area contributed by atoms with E-state index in [4.69, 9.17) is 0 Å². The molecule has 1 N–H and O–H groups in total. The van der Waals surface area contributed by atoms with Gasteiger partial charge in [0.2, 0.25) is 0 Å². The second kappa shape index (κ2) is 5.82. The number of nitrogens with zero attached hydrogens (tertiary/aromatic N) is 4. The smallest absolute Gasteiger partial charge is 0.0596 e. The molecule has 0 fully saturated rings. The first-order valence-corrected chi connectivity index (χ1v) is 6.34. The van der Waals surface area contributed by atoms with Crippen LogP contribution in [0.3, 0.4) is 0 Å². The quantitative estimate of drug-likeness (QED) is 0.785. The predicted octanol–water partition coefficient (Wildman–Crippen LogP) is 1.41. The van der Waals surface area contributed by atoms with Gasteiger partial charge in [0.05, 0.1) is 11.9 Å². The third-order valence-electron chi connectivity index (χ3n) is 2.91. The highest BCUT2D eigenvalue weighted by Gasteiger charge is 2.00. The van der Waals surface area contributed by atoms with E-state index in [1.165, 1.54) is 11.3 Å². The van der Waals surface area contributed by atoms with E-state index in [9.17, 15) is 0 Å². The van der Waals surface area contributed by atoms with Crippen LogP contribution in [0.15, 0.2) is 18.5 Å². The Hall–Kier alpha value is -1.62. The van der Waals surface area contributed by atoms with Crippen molar-refractivity contribution in [2.24, 2.45) is 7.05 Å². The van der Waals surface area contributed by atoms with Gasteiger partial charge in [-0.15, -0.1) is 0 Å². The summed E-state index contributed by atoms with van der Waals surface area (Å²) in [5, 5.41) is 12.0. The summed E-state index contributed by atoms with van der Waals surface area (Å²) in [7, 11) is 1.94. The van der Waals surface area contributed by atoms with Crippen LogP contribution in [0.25, 0.3) is 0 Å². The number of rotatable bonds is 6. The lowest BCUT2D eigenvalue weighted by atomic mass is 10.3. The van der Waals surface area contributed by atoms with E-state index in [0.717, 1.165) is 31.7 Å². The lowest BCUT2D eigenvalue weighted by Crippen LogP contribution is -2.17. The molecule has 5 heteroatoms. The van der Waals surface area contributed by atoms with E-state index in [-0.39, 0.29) is 0 Å². The van der Waals surface area contributed by atoms with Crippen molar-refractivity contribution in [3.05, 3.63) is 35.4 Å². The van der Waals surface area contributed by atoms with Crippen LogP contribution in [0.2, 0.25) is 0 Å². The van der Waals surface area contributed by atoms with E-state index < -0.39 is 0 Å².